The van der Waals surface area contributed by atoms with Gasteiger partial charge in [0.05, 0.1) is 27.8 Å². The number of hydrogen-bond donors (Lipinski definition) is 0. The van der Waals surface area contributed by atoms with Gasteiger partial charge in [-0.25, -0.2) is 0 Å². The highest BCUT2D eigenvalue weighted by Gasteiger charge is 2.24. The number of thiophene rings is 1. The molecule has 0 N–H and O–H groups in total. The average molecular weight is 834 g/mol. The summed E-state index contributed by atoms with van der Waals surface area (Å²) in [5.74, 6) is 0. The molecule has 64 heavy (non-hydrogen) atoms. The Bertz CT molecular complexity index is 3900. The van der Waals surface area contributed by atoms with Crippen LogP contribution in [0.1, 0.15) is 0 Å². The van der Waals surface area contributed by atoms with Crippen LogP contribution in [0.15, 0.2) is 237 Å². The monoisotopic (exact) mass is 833 g/mol. The predicted octanol–water partition coefficient (Wildman–Crippen LogP) is 17.1. The van der Waals surface area contributed by atoms with Gasteiger partial charge < -0.3 is 14.0 Å². The minimum absolute atomic E-state index is 1.08. The normalized spacial score (nSPS) is 11.8. The molecule has 3 nitrogen and oxygen atoms in total. The van der Waals surface area contributed by atoms with Crippen molar-refractivity contribution in [3.8, 4) is 33.6 Å². The molecule has 10 aromatic carbocycles. The fourth-order valence-corrected chi connectivity index (χ4v) is 11.2. The third-order valence-corrected chi connectivity index (χ3v) is 14.0. The van der Waals surface area contributed by atoms with Crippen molar-refractivity contribution >= 4 is 92.2 Å². The van der Waals surface area contributed by atoms with Crippen LogP contribution in [0.3, 0.4) is 0 Å². The molecule has 0 aliphatic heterocycles. The van der Waals surface area contributed by atoms with Crippen molar-refractivity contribution in [1.29, 1.82) is 0 Å². The zero-order chi connectivity index (χ0) is 42.1. The van der Waals surface area contributed by atoms with Crippen molar-refractivity contribution < 1.29 is 0 Å². The number of benzene rings is 10. The number of hydrogen-bond acceptors (Lipinski definition) is 2. The van der Waals surface area contributed by atoms with Gasteiger partial charge in [-0.05, 0) is 95.6 Å². The lowest BCUT2D eigenvalue weighted by Crippen LogP contribution is -2.12. The van der Waals surface area contributed by atoms with Crippen LogP contribution in [0.25, 0.3) is 97.4 Å². The fraction of sp³-hybridized carbons (Fsp3) is 0. The van der Waals surface area contributed by atoms with E-state index in [-0.39, 0.29) is 0 Å². The fourth-order valence-electron chi connectivity index (χ4n) is 10.1. The molecule has 0 saturated heterocycles. The molecule has 13 rings (SSSR count). The lowest BCUT2D eigenvalue weighted by Gasteiger charge is -2.29. The van der Waals surface area contributed by atoms with Crippen LogP contribution in [-0.2, 0) is 0 Å². The van der Waals surface area contributed by atoms with E-state index < -0.39 is 0 Å². The van der Waals surface area contributed by atoms with Crippen molar-refractivity contribution in [2.24, 2.45) is 0 Å². The number of aromatic nitrogens is 2. The van der Waals surface area contributed by atoms with E-state index in [1.54, 1.807) is 0 Å². The molecule has 0 unspecified atom stereocenters. The first-order valence-corrected chi connectivity index (χ1v) is 22.7. The van der Waals surface area contributed by atoms with Gasteiger partial charge in [-0.2, -0.15) is 0 Å². The van der Waals surface area contributed by atoms with Crippen LogP contribution >= 0.6 is 11.3 Å². The smallest absolute Gasteiger partial charge is 0.0561 e. The number of nitrogens with zero attached hydrogens (tertiary/aromatic N) is 3. The molecule has 0 spiro atoms. The topological polar surface area (TPSA) is 13.1 Å². The van der Waals surface area contributed by atoms with E-state index in [0.717, 1.165) is 39.5 Å². The highest BCUT2D eigenvalue weighted by atomic mass is 32.1. The molecule has 0 bridgehead atoms. The third kappa shape index (κ3) is 5.73. The summed E-state index contributed by atoms with van der Waals surface area (Å²) in [6.45, 7) is 0. The number of para-hydroxylation sites is 4. The van der Waals surface area contributed by atoms with Crippen molar-refractivity contribution in [3.05, 3.63) is 237 Å². The maximum Gasteiger partial charge on any atom is 0.0561 e. The quantitative estimate of drug-likeness (QED) is 0.156. The summed E-state index contributed by atoms with van der Waals surface area (Å²) in [6.07, 6.45) is 0. The SMILES string of the molecule is c1ccc(-c2cccc(N(c3ccc4c(c3)sc3ccccc34)c3ccc4c5ccccc5n(-c5ccccc5)c4c3)c2-c2ccc3c4ccccc4n(-c4ccccc4)c3c2)cc1. The lowest BCUT2D eigenvalue weighted by atomic mass is 9.91. The van der Waals surface area contributed by atoms with Crippen molar-refractivity contribution in [3.63, 3.8) is 0 Å². The molecule has 4 heteroatoms. The predicted molar refractivity (Wildman–Crippen MR) is 274 cm³/mol. The highest BCUT2D eigenvalue weighted by molar-refractivity contribution is 7.25. The minimum atomic E-state index is 1.08. The van der Waals surface area contributed by atoms with E-state index >= 15 is 0 Å². The van der Waals surface area contributed by atoms with Gasteiger partial charge in [0.1, 0.15) is 0 Å². The van der Waals surface area contributed by atoms with Crippen molar-refractivity contribution in [2.75, 3.05) is 4.90 Å². The Balaban J connectivity index is 1.12. The van der Waals surface area contributed by atoms with Gasteiger partial charge in [0.15, 0.2) is 0 Å². The summed E-state index contributed by atoms with van der Waals surface area (Å²) in [7, 11) is 0. The highest BCUT2D eigenvalue weighted by Crippen LogP contribution is 2.49. The summed E-state index contributed by atoms with van der Waals surface area (Å²) < 4.78 is 7.39. The van der Waals surface area contributed by atoms with E-state index in [1.807, 2.05) is 11.3 Å². The first-order chi connectivity index (χ1) is 31.8. The van der Waals surface area contributed by atoms with Crippen LogP contribution in [-0.4, -0.2) is 9.13 Å². The molecule has 0 saturated carbocycles. The summed E-state index contributed by atoms with van der Waals surface area (Å²) in [4.78, 5) is 2.50. The van der Waals surface area contributed by atoms with Crippen LogP contribution in [0.2, 0.25) is 0 Å². The van der Waals surface area contributed by atoms with E-state index in [9.17, 15) is 0 Å². The van der Waals surface area contributed by atoms with E-state index in [0.29, 0.717) is 0 Å². The molecule has 300 valence electrons. The first kappa shape index (κ1) is 36.5. The maximum absolute atomic E-state index is 2.50. The molecule has 0 fully saturated rings. The standard InChI is InChI=1S/C60H39N3S/c1-4-17-40(18-5-1)46-26-16-29-55(60(46)41-31-34-49-47-23-10-13-27-53(47)62(56(49)37-41)42-19-6-2-7-20-42)61(45-33-36-52-51-25-12-15-30-58(51)64-59(52)39-45)44-32-35-50-48-24-11-14-28-54(48)63(57(50)38-44)43-21-8-3-9-22-43/h1-39H. The molecule has 0 radical (unpaired) electrons. The van der Waals surface area contributed by atoms with Crippen LogP contribution < -0.4 is 4.90 Å². The zero-order valence-electron chi connectivity index (χ0n) is 34.8. The van der Waals surface area contributed by atoms with Crippen LogP contribution in [0, 0.1) is 0 Å². The van der Waals surface area contributed by atoms with Gasteiger partial charge in [0.25, 0.3) is 0 Å². The lowest BCUT2D eigenvalue weighted by molar-refractivity contribution is 1.18. The number of anilines is 3. The first-order valence-electron chi connectivity index (χ1n) is 21.8. The van der Waals surface area contributed by atoms with E-state index in [2.05, 4.69) is 251 Å². The Kier molecular flexibility index (Phi) is 8.40. The summed E-state index contributed by atoms with van der Waals surface area (Å²) >= 11 is 1.86. The maximum atomic E-state index is 2.50. The molecule has 3 aromatic heterocycles. The molecular weight excluding hydrogens is 795 g/mol. The molecule has 0 aliphatic rings. The summed E-state index contributed by atoms with van der Waals surface area (Å²) in [6, 6.07) is 86.6. The Morgan fingerprint density at radius 2 is 0.812 bits per heavy atom. The zero-order valence-corrected chi connectivity index (χ0v) is 35.6. The number of fused-ring (bicyclic) bond motifs is 9. The van der Waals surface area contributed by atoms with Gasteiger partial charge in [0, 0.05) is 70.0 Å². The Morgan fingerprint density at radius 1 is 0.312 bits per heavy atom. The van der Waals surface area contributed by atoms with E-state index in [1.165, 1.54) is 75.0 Å². The third-order valence-electron chi connectivity index (χ3n) is 12.9. The minimum Gasteiger partial charge on any atom is -0.310 e. The van der Waals surface area contributed by atoms with Gasteiger partial charge in [-0.15, -0.1) is 11.3 Å². The van der Waals surface area contributed by atoms with Gasteiger partial charge in [-0.1, -0.05) is 158 Å². The molecule has 3 heterocycles. The van der Waals surface area contributed by atoms with Crippen molar-refractivity contribution in [2.45, 2.75) is 0 Å². The Hall–Kier alpha value is -8.18. The Labute approximate surface area is 374 Å². The van der Waals surface area contributed by atoms with Gasteiger partial charge in [-0.3, -0.25) is 0 Å². The molecule has 0 aliphatic carbocycles. The van der Waals surface area contributed by atoms with Crippen LogP contribution in [0.5, 0.6) is 0 Å². The number of rotatable bonds is 7. The molecular formula is C60H39N3S. The molecule has 13 aromatic rings. The second kappa shape index (κ2) is 14.7. The van der Waals surface area contributed by atoms with Crippen molar-refractivity contribution in [1.82, 2.24) is 9.13 Å². The molecule has 0 atom stereocenters. The average Bonchev–Trinajstić information content (AvgIpc) is 4.02. The largest absolute Gasteiger partial charge is 0.310 e. The van der Waals surface area contributed by atoms with E-state index in [4.69, 9.17) is 0 Å². The van der Waals surface area contributed by atoms with Gasteiger partial charge in [0.2, 0.25) is 0 Å². The van der Waals surface area contributed by atoms with Crippen LogP contribution in [0.4, 0.5) is 17.1 Å². The molecule has 0 amide bonds. The second-order valence-corrected chi connectivity index (χ2v) is 17.6. The summed E-state index contributed by atoms with van der Waals surface area (Å²) in [5.41, 5.74) is 14.9. The summed E-state index contributed by atoms with van der Waals surface area (Å²) in [5, 5.41) is 7.50. The van der Waals surface area contributed by atoms with Gasteiger partial charge >= 0.3 is 0 Å². The second-order valence-electron chi connectivity index (χ2n) is 16.5. The Morgan fingerprint density at radius 3 is 1.48 bits per heavy atom.